The first-order valence-electron chi connectivity index (χ1n) is 5.32. The predicted octanol–water partition coefficient (Wildman–Crippen LogP) is -0.818. The highest BCUT2D eigenvalue weighted by molar-refractivity contribution is 5.03. The lowest BCUT2D eigenvalue weighted by molar-refractivity contribution is -0.0595. The van der Waals surface area contributed by atoms with E-state index in [4.69, 9.17) is 0 Å². The van der Waals surface area contributed by atoms with Gasteiger partial charge in [-0.1, -0.05) is 6.92 Å². The van der Waals surface area contributed by atoms with Gasteiger partial charge in [0.25, 0.3) is 0 Å². The molecule has 0 amide bonds. The van der Waals surface area contributed by atoms with Gasteiger partial charge < -0.3 is 15.3 Å². The molecule has 0 radical (unpaired) electrons. The lowest BCUT2D eigenvalue weighted by Gasteiger charge is -2.43. The maximum Gasteiger partial charge on any atom is 0.0991 e. The quantitative estimate of drug-likeness (QED) is 0.479. The molecule has 2 aliphatic rings. The number of piperidine rings is 1. The zero-order chi connectivity index (χ0) is 10.5. The maximum atomic E-state index is 9.84. The molecule has 2 saturated heterocycles. The van der Waals surface area contributed by atoms with Crippen LogP contribution >= 0.6 is 0 Å². The summed E-state index contributed by atoms with van der Waals surface area (Å²) < 4.78 is 0. The van der Waals surface area contributed by atoms with Gasteiger partial charge in [0.05, 0.1) is 24.4 Å². The molecule has 14 heavy (non-hydrogen) atoms. The second-order valence-electron chi connectivity index (χ2n) is 4.77. The molecule has 2 heterocycles. The van der Waals surface area contributed by atoms with E-state index in [0.717, 1.165) is 0 Å². The van der Waals surface area contributed by atoms with Gasteiger partial charge in [-0.15, -0.1) is 0 Å². The Morgan fingerprint density at radius 3 is 2.36 bits per heavy atom. The van der Waals surface area contributed by atoms with E-state index < -0.39 is 18.3 Å². The van der Waals surface area contributed by atoms with Crippen molar-refractivity contribution in [2.75, 3.05) is 6.54 Å². The molecule has 2 fully saturated rings. The Hall–Kier alpha value is -0.160. The third-order valence-electron chi connectivity index (χ3n) is 3.88. The van der Waals surface area contributed by atoms with E-state index in [2.05, 4.69) is 13.8 Å². The summed E-state index contributed by atoms with van der Waals surface area (Å²) in [5.74, 6) is 0.416. The second kappa shape index (κ2) is 3.45. The Balaban J connectivity index is 2.20. The van der Waals surface area contributed by atoms with Crippen LogP contribution in [0, 0.1) is 5.92 Å². The molecule has 0 bridgehead atoms. The highest BCUT2D eigenvalue weighted by Gasteiger charge is 2.49. The molecular weight excluding hydrogens is 182 g/mol. The predicted molar refractivity (Wildman–Crippen MR) is 51.8 cm³/mol. The van der Waals surface area contributed by atoms with Crippen molar-refractivity contribution in [1.82, 2.24) is 4.90 Å². The van der Waals surface area contributed by atoms with Gasteiger partial charge >= 0.3 is 0 Å². The molecule has 0 spiro atoms. The van der Waals surface area contributed by atoms with Gasteiger partial charge in [-0.3, -0.25) is 4.90 Å². The van der Waals surface area contributed by atoms with E-state index in [1.54, 1.807) is 0 Å². The zero-order valence-corrected chi connectivity index (χ0v) is 8.67. The molecule has 0 aliphatic carbocycles. The summed E-state index contributed by atoms with van der Waals surface area (Å²) in [4.78, 5) is 2.04. The highest BCUT2D eigenvalue weighted by atomic mass is 16.3. The minimum Gasteiger partial charge on any atom is -0.391 e. The number of nitrogens with zero attached hydrogens (tertiary/aromatic N) is 1. The van der Waals surface area contributed by atoms with Crippen LogP contribution in [0.3, 0.4) is 0 Å². The van der Waals surface area contributed by atoms with E-state index in [-0.39, 0.29) is 6.04 Å². The molecule has 0 aromatic carbocycles. The lowest BCUT2D eigenvalue weighted by atomic mass is 9.85. The summed E-state index contributed by atoms with van der Waals surface area (Å²) in [5.41, 5.74) is 0. The summed E-state index contributed by atoms with van der Waals surface area (Å²) in [6.45, 7) is 4.67. The van der Waals surface area contributed by atoms with Crippen molar-refractivity contribution in [2.45, 2.75) is 50.7 Å². The van der Waals surface area contributed by atoms with E-state index in [1.807, 2.05) is 4.90 Å². The Morgan fingerprint density at radius 2 is 1.71 bits per heavy atom. The summed E-state index contributed by atoms with van der Waals surface area (Å²) in [7, 11) is 0. The van der Waals surface area contributed by atoms with Gasteiger partial charge in [-0.05, 0) is 19.3 Å². The molecule has 2 unspecified atom stereocenters. The van der Waals surface area contributed by atoms with Gasteiger partial charge in [0.1, 0.15) is 0 Å². The van der Waals surface area contributed by atoms with Gasteiger partial charge in [-0.2, -0.15) is 0 Å². The van der Waals surface area contributed by atoms with Crippen LogP contribution in [0.4, 0.5) is 0 Å². The molecule has 3 N–H and O–H groups in total. The average molecular weight is 201 g/mol. The minimum absolute atomic E-state index is 0.267. The van der Waals surface area contributed by atoms with E-state index in [1.165, 1.54) is 0 Å². The third-order valence-corrected chi connectivity index (χ3v) is 3.88. The van der Waals surface area contributed by atoms with Crippen LogP contribution in [0.25, 0.3) is 0 Å². The molecule has 2 rings (SSSR count). The van der Waals surface area contributed by atoms with Crippen molar-refractivity contribution in [1.29, 1.82) is 0 Å². The first-order chi connectivity index (χ1) is 6.52. The molecule has 4 heteroatoms. The fourth-order valence-electron chi connectivity index (χ4n) is 2.80. The van der Waals surface area contributed by atoms with Crippen molar-refractivity contribution in [3.8, 4) is 0 Å². The second-order valence-corrected chi connectivity index (χ2v) is 4.77. The number of fused-ring (bicyclic) bond motifs is 1. The minimum atomic E-state index is -0.792. The SMILES string of the molecule is CC1C[C@@H](O)[C@@H]2[C@H](O)[C@H](O)CN2C1C. The Labute approximate surface area is 84.2 Å². The van der Waals surface area contributed by atoms with Crippen LogP contribution in [-0.2, 0) is 0 Å². The fourth-order valence-corrected chi connectivity index (χ4v) is 2.80. The molecule has 0 saturated carbocycles. The van der Waals surface area contributed by atoms with Crippen LogP contribution in [0.2, 0.25) is 0 Å². The smallest absolute Gasteiger partial charge is 0.0991 e. The molecule has 0 aromatic rings. The summed E-state index contributed by atoms with van der Waals surface area (Å²) in [5, 5.41) is 29.1. The zero-order valence-electron chi connectivity index (χ0n) is 8.67. The van der Waals surface area contributed by atoms with Crippen LogP contribution < -0.4 is 0 Å². The van der Waals surface area contributed by atoms with Crippen LogP contribution in [-0.4, -0.2) is 57.2 Å². The van der Waals surface area contributed by atoms with Gasteiger partial charge in [-0.25, -0.2) is 0 Å². The largest absolute Gasteiger partial charge is 0.391 e. The first kappa shape index (κ1) is 10.4. The van der Waals surface area contributed by atoms with Crippen molar-refractivity contribution in [3.05, 3.63) is 0 Å². The lowest BCUT2D eigenvalue weighted by Crippen LogP contribution is -2.55. The van der Waals surface area contributed by atoms with Crippen LogP contribution in [0.5, 0.6) is 0 Å². The van der Waals surface area contributed by atoms with Crippen LogP contribution in [0.15, 0.2) is 0 Å². The monoisotopic (exact) mass is 201 g/mol. The number of hydrogen-bond acceptors (Lipinski definition) is 4. The number of rotatable bonds is 0. The summed E-state index contributed by atoms with van der Waals surface area (Å²) in [6, 6.07) is 0.0615. The first-order valence-corrected chi connectivity index (χ1v) is 5.32. The standard InChI is InChI=1S/C10H19NO3/c1-5-3-7(12)9-10(14)8(13)4-11(9)6(5)2/h5-10,12-14H,3-4H2,1-2H3/t5?,6?,7-,8-,9-,10-/m1/s1. The van der Waals surface area contributed by atoms with E-state index in [9.17, 15) is 15.3 Å². The van der Waals surface area contributed by atoms with E-state index in [0.29, 0.717) is 24.9 Å². The number of aliphatic hydroxyl groups excluding tert-OH is 3. The molecular formula is C10H19NO3. The van der Waals surface area contributed by atoms with Crippen molar-refractivity contribution < 1.29 is 15.3 Å². The topological polar surface area (TPSA) is 63.9 Å². The third kappa shape index (κ3) is 1.37. The fraction of sp³-hybridized carbons (Fsp3) is 1.00. The van der Waals surface area contributed by atoms with Gasteiger partial charge in [0.2, 0.25) is 0 Å². The number of hydrogen-bond donors (Lipinski definition) is 3. The Kier molecular flexibility index (Phi) is 2.55. The van der Waals surface area contributed by atoms with Crippen molar-refractivity contribution in [3.63, 3.8) is 0 Å². The van der Waals surface area contributed by atoms with Crippen molar-refractivity contribution in [2.24, 2.45) is 5.92 Å². The molecule has 6 atom stereocenters. The Morgan fingerprint density at radius 1 is 1.07 bits per heavy atom. The van der Waals surface area contributed by atoms with Crippen molar-refractivity contribution >= 4 is 0 Å². The summed E-state index contributed by atoms with van der Waals surface area (Å²) in [6.07, 6.45) is -1.29. The maximum absolute atomic E-state index is 9.84. The van der Waals surface area contributed by atoms with E-state index >= 15 is 0 Å². The highest BCUT2D eigenvalue weighted by Crippen LogP contribution is 2.34. The molecule has 0 aromatic heterocycles. The molecule has 4 nitrogen and oxygen atoms in total. The van der Waals surface area contributed by atoms with Crippen LogP contribution in [0.1, 0.15) is 20.3 Å². The molecule has 82 valence electrons. The average Bonchev–Trinajstić information content (AvgIpc) is 2.40. The molecule has 2 aliphatic heterocycles. The normalized spacial score (nSPS) is 54.6. The summed E-state index contributed by atoms with van der Waals surface area (Å²) >= 11 is 0. The van der Waals surface area contributed by atoms with Gasteiger partial charge in [0, 0.05) is 12.6 Å². The number of aliphatic hydroxyl groups is 3. The van der Waals surface area contributed by atoms with Gasteiger partial charge in [0.15, 0.2) is 0 Å². The Bertz CT molecular complexity index is 223.